The lowest BCUT2D eigenvalue weighted by Gasteiger charge is -2.59. The minimum absolute atomic E-state index is 0.0556. The van der Waals surface area contributed by atoms with Gasteiger partial charge in [-0.05, 0) is 80.5 Å². The van der Waals surface area contributed by atoms with Crippen LogP contribution >= 0.6 is 0 Å². The number of aliphatic hydroxyl groups excluding tert-OH is 1. The molecule has 1 N–H and O–H groups in total. The monoisotopic (exact) mass is 388 g/mol. The second-order valence-corrected chi connectivity index (χ2v) is 10.4. The number of carbonyl (C=O) groups is 2. The maximum absolute atomic E-state index is 13.6. The topological polar surface area (TPSA) is 63.6 Å². The molecular formula is C24H36O4. The number of aldehydes is 1. The number of aliphatic hydroxyl groups is 1. The second-order valence-electron chi connectivity index (χ2n) is 10.4. The van der Waals surface area contributed by atoms with Crippen LogP contribution in [0, 0.1) is 40.4 Å². The summed E-state index contributed by atoms with van der Waals surface area (Å²) in [6, 6.07) is 0. The van der Waals surface area contributed by atoms with Crippen LogP contribution in [0.25, 0.3) is 0 Å². The molecule has 4 aliphatic carbocycles. The van der Waals surface area contributed by atoms with Crippen LogP contribution in [0.15, 0.2) is 11.8 Å². The van der Waals surface area contributed by atoms with E-state index in [1.807, 2.05) is 6.92 Å². The summed E-state index contributed by atoms with van der Waals surface area (Å²) in [7, 11) is 0. The van der Waals surface area contributed by atoms with E-state index in [-0.39, 0.29) is 28.8 Å². The molecule has 4 rings (SSSR count). The van der Waals surface area contributed by atoms with Crippen molar-refractivity contribution in [3.8, 4) is 0 Å². The summed E-state index contributed by atoms with van der Waals surface area (Å²) < 4.78 is 5.86. The molecule has 4 nitrogen and oxygen atoms in total. The highest BCUT2D eigenvalue weighted by Crippen LogP contribution is 2.67. The molecule has 0 spiro atoms. The summed E-state index contributed by atoms with van der Waals surface area (Å²) >= 11 is 0. The zero-order chi connectivity index (χ0) is 20.1. The second kappa shape index (κ2) is 7.27. The molecule has 0 aromatic rings. The Labute approximate surface area is 169 Å². The van der Waals surface area contributed by atoms with Crippen LogP contribution in [0.1, 0.15) is 72.1 Å². The number of hydrogen-bond acceptors (Lipinski definition) is 4. The molecule has 0 amide bonds. The number of ketones is 1. The minimum atomic E-state index is -0.184. The van der Waals surface area contributed by atoms with Crippen LogP contribution in [-0.4, -0.2) is 29.9 Å². The molecule has 0 bridgehead atoms. The third kappa shape index (κ3) is 2.89. The molecule has 4 aliphatic rings. The van der Waals surface area contributed by atoms with E-state index in [2.05, 4.69) is 13.8 Å². The number of hydrogen-bond donors (Lipinski definition) is 1. The van der Waals surface area contributed by atoms with Crippen molar-refractivity contribution < 1.29 is 19.4 Å². The first kappa shape index (κ1) is 20.1. The molecule has 4 saturated carbocycles. The molecule has 0 aromatic carbocycles. The Morgan fingerprint density at radius 2 is 1.96 bits per heavy atom. The number of Topliss-reactive ketones (excluding diaryl/α,β-unsaturated/α-hetero) is 1. The summed E-state index contributed by atoms with van der Waals surface area (Å²) in [6.45, 7) is 7.12. The van der Waals surface area contributed by atoms with Gasteiger partial charge in [-0.15, -0.1) is 0 Å². The van der Waals surface area contributed by atoms with E-state index >= 15 is 0 Å². The quantitative estimate of drug-likeness (QED) is 0.443. The highest BCUT2D eigenvalue weighted by Gasteiger charge is 2.63. The highest BCUT2D eigenvalue weighted by molar-refractivity contribution is 5.84. The molecule has 0 unspecified atom stereocenters. The lowest BCUT2D eigenvalue weighted by atomic mass is 9.44. The van der Waals surface area contributed by atoms with Crippen molar-refractivity contribution in [3.05, 3.63) is 11.8 Å². The van der Waals surface area contributed by atoms with E-state index in [1.54, 1.807) is 6.08 Å². The molecule has 0 radical (unpaired) electrons. The van der Waals surface area contributed by atoms with Crippen LogP contribution in [0.2, 0.25) is 0 Å². The Hall–Kier alpha value is -1.16. The SMILES string of the molecule is CCOC(=CC=O)[C@H]1CC[C@H]2[C@@H]3CC[C@H]4C[C@H](O)CC[C@]4(C)[C@H]3C(=O)C[C@]12C. The van der Waals surface area contributed by atoms with Gasteiger partial charge in [0.1, 0.15) is 17.8 Å². The van der Waals surface area contributed by atoms with E-state index in [9.17, 15) is 14.7 Å². The number of rotatable bonds is 4. The summed E-state index contributed by atoms with van der Waals surface area (Å²) in [5, 5.41) is 10.2. The molecule has 0 saturated heterocycles. The Morgan fingerprint density at radius 3 is 2.68 bits per heavy atom. The Balaban J connectivity index is 1.65. The largest absolute Gasteiger partial charge is 0.498 e. The van der Waals surface area contributed by atoms with Crippen molar-refractivity contribution in [2.24, 2.45) is 40.4 Å². The van der Waals surface area contributed by atoms with Crippen molar-refractivity contribution in [2.75, 3.05) is 6.61 Å². The van der Waals surface area contributed by atoms with Crippen LogP contribution < -0.4 is 0 Å². The molecule has 0 aromatic heterocycles. The van der Waals surface area contributed by atoms with Gasteiger partial charge in [0.25, 0.3) is 0 Å². The van der Waals surface area contributed by atoms with Crippen molar-refractivity contribution >= 4 is 12.1 Å². The first-order valence-corrected chi connectivity index (χ1v) is 11.3. The van der Waals surface area contributed by atoms with Crippen molar-refractivity contribution in [1.29, 1.82) is 0 Å². The number of ether oxygens (including phenoxy) is 1. The van der Waals surface area contributed by atoms with Gasteiger partial charge in [0.2, 0.25) is 0 Å². The third-order valence-electron chi connectivity index (χ3n) is 9.21. The molecule has 156 valence electrons. The molecule has 8 atom stereocenters. The van der Waals surface area contributed by atoms with Crippen molar-refractivity contribution in [2.45, 2.75) is 78.2 Å². The fourth-order valence-electron chi connectivity index (χ4n) is 8.02. The number of carbonyl (C=O) groups excluding carboxylic acids is 2. The predicted octanol–water partition coefficient (Wildman–Crippen LogP) is 4.30. The van der Waals surface area contributed by atoms with Crippen LogP contribution in [0.5, 0.6) is 0 Å². The normalized spacial score (nSPS) is 48.4. The minimum Gasteiger partial charge on any atom is -0.498 e. The highest BCUT2D eigenvalue weighted by atomic mass is 16.5. The van der Waals surface area contributed by atoms with Crippen LogP contribution in [-0.2, 0) is 14.3 Å². The Morgan fingerprint density at radius 1 is 1.18 bits per heavy atom. The van der Waals surface area contributed by atoms with E-state index in [0.29, 0.717) is 36.6 Å². The first-order valence-electron chi connectivity index (χ1n) is 11.3. The average molecular weight is 389 g/mol. The van der Waals surface area contributed by atoms with Gasteiger partial charge < -0.3 is 9.84 Å². The van der Waals surface area contributed by atoms with Gasteiger partial charge in [0.15, 0.2) is 0 Å². The molecular weight excluding hydrogens is 352 g/mol. The summed E-state index contributed by atoms with van der Waals surface area (Å²) in [4.78, 5) is 24.8. The fourth-order valence-corrected chi connectivity index (χ4v) is 8.02. The molecule has 4 heteroatoms. The summed E-state index contributed by atoms with van der Waals surface area (Å²) in [5.74, 6) is 3.01. The molecule has 4 fully saturated rings. The van der Waals surface area contributed by atoms with E-state index < -0.39 is 0 Å². The first-order chi connectivity index (χ1) is 13.3. The summed E-state index contributed by atoms with van der Waals surface area (Å²) in [6.07, 6.45) is 9.91. The lowest BCUT2D eigenvalue weighted by molar-refractivity contribution is -0.161. The van der Waals surface area contributed by atoms with Gasteiger partial charge in [-0.1, -0.05) is 13.8 Å². The van der Waals surface area contributed by atoms with E-state index in [0.717, 1.165) is 57.0 Å². The van der Waals surface area contributed by atoms with Crippen molar-refractivity contribution in [3.63, 3.8) is 0 Å². The average Bonchev–Trinajstić information content (AvgIpc) is 2.98. The predicted molar refractivity (Wildman–Crippen MR) is 107 cm³/mol. The maximum atomic E-state index is 13.6. The zero-order valence-corrected chi connectivity index (χ0v) is 17.7. The maximum Gasteiger partial charge on any atom is 0.146 e. The smallest absolute Gasteiger partial charge is 0.146 e. The van der Waals surface area contributed by atoms with Crippen LogP contribution in [0.3, 0.4) is 0 Å². The summed E-state index contributed by atoms with van der Waals surface area (Å²) in [5.41, 5.74) is -0.0420. The number of allylic oxidation sites excluding steroid dienone is 2. The third-order valence-corrected chi connectivity index (χ3v) is 9.21. The lowest BCUT2D eigenvalue weighted by Crippen LogP contribution is -2.57. The van der Waals surface area contributed by atoms with E-state index in [4.69, 9.17) is 4.74 Å². The Kier molecular flexibility index (Phi) is 5.22. The van der Waals surface area contributed by atoms with Gasteiger partial charge in [0, 0.05) is 24.3 Å². The molecule has 0 heterocycles. The Bertz CT molecular complexity index is 670. The molecule has 28 heavy (non-hydrogen) atoms. The zero-order valence-electron chi connectivity index (χ0n) is 17.7. The number of fused-ring (bicyclic) bond motifs is 5. The van der Waals surface area contributed by atoms with Gasteiger partial charge >= 0.3 is 0 Å². The van der Waals surface area contributed by atoms with E-state index in [1.165, 1.54) is 0 Å². The molecule has 0 aliphatic heterocycles. The van der Waals surface area contributed by atoms with Crippen LogP contribution in [0.4, 0.5) is 0 Å². The van der Waals surface area contributed by atoms with Gasteiger partial charge in [-0.25, -0.2) is 0 Å². The van der Waals surface area contributed by atoms with Gasteiger partial charge in [0.05, 0.1) is 12.7 Å². The standard InChI is InChI=1S/C24H36O4/c1-4-28-21(10-12-25)19-8-7-18-17-6-5-15-13-16(26)9-11-23(15,2)22(17)20(27)14-24(18,19)3/h10,12,15-19,22,26H,4-9,11,13-14H2,1-3H3/t15-,16+,17-,18-,19+,22+,23-,24-/m0/s1. The van der Waals surface area contributed by atoms with Gasteiger partial charge in [-0.3, -0.25) is 9.59 Å². The fraction of sp³-hybridized carbons (Fsp3) is 0.833. The van der Waals surface area contributed by atoms with Crippen molar-refractivity contribution in [1.82, 2.24) is 0 Å². The van der Waals surface area contributed by atoms with Gasteiger partial charge in [-0.2, -0.15) is 0 Å².